The summed E-state index contributed by atoms with van der Waals surface area (Å²) in [5.41, 5.74) is 4.98. The summed E-state index contributed by atoms with van der Waals surface area (Å²) >= 11 is 1.65. The van der Waals surface area contributed by atoms with Crippen molar-refractivity contribution >= 4 is 17.7 Å². The Bertz CT molecular complexity index is 387. The summed E-state index contributed by atoms with van der Waals surface area (Å²) in [7, 11) is 1.35. The number of hydrogen-bond donors (Lipinski definition) is 1. The van der Waals surface area contributed by atoms with Gasteiger partial charge < -0.3 is 14.9 Å². The first-order chi connectivity index (χ1) is 7.86. The Morgan fingerprint density at radius 1 is 1.71 bits per heavy atom. The molecule has 0 saturated heterocycles. The maximum Gasteiger partial charge on any atom is 0.325 e. The fourth-order valence-electron chi connectivity index (χ4n) is 1.67. The zero-order valence-corrected chi connectivity index (χ0v) is 11.5. The van der Waals surface area contributed by atoms with Crippen molar-refractivity contribution in [3.05, 3.63) is 18.1 Å². The average Bonchev–Trinajstić information content (AvgIpc) is 2.62. The third-order valence-corrected chi connectivity index (χ3v) is 3.75. The lowest BCUT2D eigenvalue weighted by atomic mass is 9.98. The van der Waals surface area contributed by atoms with Crippen LogP contribution in [0.2, 0.25) is 0 Å². The number of aryl methyl sites for hydroxylation is 1. The molecule has 5 heteroatoms. The first-order valence-electron chi connectivity index (χ1n) is 5.45. The monoisotopic (exact) mass is 257 g/mol. The van der Waals surface area contributed by atoms with Gasteiger partial charge in [0.25, 0.3) is 0 Å². The lowest BCUT2D eigenvalue weighted by Crippen LogP contribution is -2.47. The van der Waals surface area contributed by atoms with Gasteiger partial charge in [0, 0.05) is 10.1 Å². The molecule has 1 rings (SSSR count). The van der Waals surface area contributed by atoms with Crippen LogP contribution in [0.15, 0.2) is 21.6 Å². The predicted octanol–water partition coefficient (Wildman–Crippen LogP) is 2.35. The summed E-state index contributed by atoms with van der Waals surface area (Å²) in [6, 6.07) is 1.92. The topological polar surface area (TPSA) is 65.5 Å². The molecule has 0 amide bonds. The summed E-state index contributed by atoms with van der Waals surface area (Å²) in [5, 5.41) is 0.209. The maximum absolute atomic E-state index is 11.5. The van der Waals surface area contributed by atoms with Crippen LogP contribution in [0.5, 0.6) is 0 Å². The fourth-order valence-corrected chi connectivity index (χ4v) is 2.88. The number of nitrogens with two attached hydrogens (primary N) is 1. The van der Waals surface area contributed by atoms with E-state index in [0.29, 0.717) is 6.42 Å². The van der Waals surface area contributed by atoms with Crippen LogP contribution in [0, 0.1) is 6.92 Å². The minimum atomic E-state index is -0.946. The highest BCUT2D eigenvalue weighted by Gasteiger charge is 2.31. The predicted molar refractivity (Wildman–Crippen MR) is 68.0 cm³/mol. The van der Waals surface area contributed by atoms with Gasteiger partial charge in [0.1, 0.15) is 11.3 Å². The lowest BCUT2D eigenvalue weighted by Gasteiger charge is -2.24. The van der Waals surface area contributed by atoms with E-state index in [9.17, 15) is 4.79 Å². The van der Waals surface area contributed by atoms with Crippen LogP contribution in [0.1, 0.15) is 26.0 Å². The highest BCUT2D eigenvalue weighted by molar-refractivity contribution is 8.00. The molecule has 0 fully saturated rings. The van der Waals surface area contributed by atoms with Gasteiger partial charge in [0.15, 0.2) is 0 Å². The Labute approximate surface area is 106 Å². The summed E-state index contributed by atoms with van der Waals surface area (Å²) < 4.78 is 9.90. The van der Waals surface area contributed by atoms with Crippen LogP contribution in [0.25, 0.3) is 0 Å². The molecule has 2 atom stereocenters. The average molecular weight is 257 g/mol. The van der Waals surface area contributed by atoms with Gasteiger partial charge >= 0.3 is 5.97 Å². The minimum Gasteiger partial charge on any atom is -0.468 e. The number of ether oxygens (including phenoxy) is 1. The van der Waals surface area contributed by atoms with Gasteiger partial charge in [-0.1, -0.05) is 6.92 Å². The van der Waals surface area contributed by atoms with Gasteiger partial charge in [-0.3, -0.25) is 4.79 Å². The van der Waals surface area contributed by atoms with Crippen molar-refractivity contribution < 1.29 is 13.9 Å². The Kier molecular flexibility index (Phi) is 4.65. The zero-order chi connectivity index (χ0) is 13.1. The first-order valence-corrected chi connectivity index (χ1v) is 6.33. The second kappa shape index (κ2) is 5.60. The number of carbonyl (C=O) groups is 1. The third kappa shape index (κ3) is 3.78. The van der Waals surface area contributed by atoms with E-state index in [1.165, 1.54) is 7.11 Å². The van der Waals surface area contributed by atoms with Gasteiger partial charge in [-0.25, -0.2) is 0 Å². The number of rotatable bonds is 5. The molecule has 0 aliphatic rings. The van der Waals surface area contributed by atoms with Crippen molar-refractivity contribution in [2.45, 2.75) is 42.9 Å². The van der Waals surface area contributed by atoms with Crippen molar-refractivity contribution in [2.24, 2.45) is 5.73 Å². The normalized spacial score (nSPS) is 16.3. The van der Waals surface area contributed by atoms with E-state index >= 15 is 0 Å². The molecule has 17 heavy (non-hydrogen) atoms. The quantitative estimate of drug-likeness (QED) is 0.648. The molecule has 1 aromatic heterocycles. The van der Waals surface area contributed by atoms with Crippen molar-refractivity contribution in [3.63, 3.8) is 0 Å². The van der Waals surface area contributed by atoms with Crippen molar-refractivity contribution in [1.82, 2.24) is 0 Å². The number of methoxy groups -OCH3 is 1. The summed E-state index contributed by atoms with van der Waals surface area (Å²) in [5.74, 6) is 0.507. The number of esters is 1. The van der Waals surface area contributed by atoms with E-state index < -0.39 is 5.54 Å². The molecule has 4 nitrogen and oxygen atoms in total. The molecular weight excluding hydrogens is 238 g/mol. The van der Waals surface area contributed by atoms with Gasteiger partial charge in [0.2, 0.25) is 0 Å². The highest BCUT2D eigenvalue weighted by Crippen LogP contribution is 2.31. The molecule has 0 bridgehead atoms. The first kappa shape index (κ1) is 14.1. The van der Waals surface area contributed by atoms with Crippen LogP contribution < -0.4 is 5.73 Å². The molecule has 0 radical (unpaired) electrons. The molecule has 1 aromatic rings. The molecular formula is C12H19NO3S. The van der Waals surface area contributed by atoms with Crippen LogP contribution in [-0.2, 0) is 9.53 Å². The lowest BCUT2D eigenvalue weighted by molar-refractivity contribution is -0.146. The molecule has 2 unspecified atom stereocenters. The van der Waals surface area contributed by atoms with Crippen LogP contribution in [0.3, 0.4) is 0 Å². The van der Waals surface area contributed by atoms with Gasteiger partial charge in [-0.15, -0.1) is 11.8 Å². The van der Waals surface area contributed by atoms with Crippen LogP contribution >= 0.6 is 11.8 Å². The molecule has 2 N–H and O–H groups in total. The Balaban J connectivity index is 2.58. The van der Waals surface area contributed by atoms with Gasteiger partial charge in [0.05, 0.1) is 13.4 Å². The second-order valence-corrected chi connectivity index (χ2v) is 5.86. The SMILES string of the molecule is COC(=O)C(C)(N)CC(C)Sc1ccoc1C. The summed E-state index contributed by atoms with van der Waals surface area (Å²) in [4.78, 5) is 12.5. The van der Waals surface area contributed by atoms with E-state index in [2.05, 4.69) is 4.74 Å². The molecule has 0 aliphatic heterocycles. The van der Waals surface area contributed by atoms with Crippen molar-refractivity contribution in [2.75, 3.05) is 7.11 Å². The minimum absolute atomic E-state index is 0.209. The fraction of sp³-hybridized carbons (Fsp3) is 0.583. The largest absolute Gasteiger partial charge is 0.468 e. The Hall–Kier alpha value is -0.940. The highest BCUT2D eigenvalue weighted by atomic mass is 32.2. The number of furan rings is 1. The van der Waals surface area contributed by atoms with E-state index in [0.717, 1.165) is 10.7 Å². The van der Waals surface area contributed by atoms with Crippen LogP contribution in [0.4, 0.5) is 0 Å². The second-order valence-electron chi connectivity index (χ2n) is 4.38. The number of thioether (sulfide) groups is 1. The summed E-state index contributed by atoms with van der Waals surface area (Å²) in [6.07, 6.45) is 2.21. The number of hydrogen-bond acceptors (Lipinski definition) is 5. The molecule has 96 valence electrons. The maximum atomic E-state index is 11.5. The van der Waals surface area contributed by atoms with E-state index in [4.69, 9.17) is 10.2 Å². The van der Waals surface area contributed by atoms with Gasteiger partial charge in [-0.05, 0) is 26.3 Å². The molecule has 0 saturated carbocycles. The van der Waals surface area contributed by atoms with E-state index in [1.54, 1.807) is 24.9 Å². The molecule has 1 heterocycles. The zero-order valence-electron chi connectivity index (χ0n) is 10.6. The summed E-state index contributed by atoms with van der Waals surface area (Å²) in [6.45, 7) is 5.64. The van der Waals surface area contributed by atoms with Gasteiger partial charge in [-0.2, -0.15) is 0 Å². The van der Waals surface area contributed by atoms with Crippen molar-refractivity contribution in [1.29, 1.82) is 0 Å². The van der Waals surface area contributed by atoms with E-state index in [1.807, 2.05) is 19.9 Å². The molecule has 0 spiro atoms. The molecule has 0 aromatic carbocycles. The third-order valence-electron chi connectivity index (χ3n) is 2.50. The smallest absolute Gasteiger partial charge is 0.325 e. The Morgan fingerprint density at radius 3 is 2.82 bits per heavy atom. The standard InChI is InChI=1S/C12H19NO3S/c1-8(7-12(3,13)11(14)15-4)17-10-5-6-16-9(10)2/h5-6,8H,7,13H2,1-4H3. The van der Waals surface area contributed by atoms with E-state index in [-0.39, 0.29) is 11.2 Å². The molecule has 0 aliphatic carbocycles. The van der Waals surface area contributed by atoms with Crippen LogP contribution in [-0.4, -0.2) is 23.9 Å². The number of carbonyl (C=O) groups excluding carboxylic acids is 1. The van der Waals surface area contributed by atoms with Crippen molar-refractivity contribution in [3.8, 4) is 0 Å². The Morgan fingerprint density at radius 2 is 2.35 bits per heavy atom.